The molecule has 0 fully saturated rings. The first-order valence-corrected chi connectivity index (χ1v) is 13.9. The maximum atomic E-state index is 9.65. The Bertz CT molecular complexity index is 2540. The van der Waals surface area contributed by atoms with E-state index >= 15 is 0 Å². The summed E-state index contributed by atoms with van der Waals surface area (Å²) >= 11 is 0. The molecule has 0 saturated carbocycles. The van der Waals surface area contributed by atoms with E-state index in [2.05, 4.69) is 112 Å². The largest absolute Gasteiger partial charge is 0.309 e. The van der Waals surface area contributed by atoms with Crippen LogP contribution in [0.3, 0.4) is 0 Å². The number of hydrogen-bond acceptors (Lipinski definition) is 2. The highest BCUT2D eigenvalue weighted by Gasteiger charge is 2.20. The first-order chi connectivity index (χ1) is 20.7. The zero-order valence-corrected chi connectivity index (χ0v) is 22.3. The van der Waals surface area contributed by atoms with E-state index in [0.717, 1.165) is 54.9 Å². The molecule has 0 amide bonds. The average Bonchev–Trinajstić information content (AvgIpc) is 3.68. The first-order valence-electron chi connectivity index (χ1n) is 13.9. The van der Waals surface area contributed by atoms with Gasteiger partial charge in [-0.05, 0) is 77.9 Å². The summed E-state index contributed by atoms with van der Waals surface area (Å²) in [5.41, 5.74) is 10.1. The molecule has 4 heteroatoms. The van der Waals surface area contributed by atoms with Crippen molar-refractivity contribution in [2.24, 2.45) is 0 Å². The van der Waals surface area contributed by atoms with Gasteiger partial charge in [-0.15, -0.1) is 0 Å². The Morgan fingerprint density at radius 1 is 0.429 bits per heavy atom. The lowest BCUT2D eigenvalue weighted by molar-refractivity contribution is 1.18. The zero-order chi connectivity index (χ0) is 27.9. The van der Waals surface area contributed by atoms with Crippen molar-refractivity contribution in [2.45, 2.75) is 0 Å². The van der Waals surface area contributed by atoms with Crippen molar-refractivity contribution in [3.8, 4) is 29.0 Å². The van der Waals surface area contributed by atoms with Crippen LogP contribution in [0, 0.1) is 22.7 Å². The predicted molar refractivity (Wildman–Crippen MR) is 170 cm³/mol. The molecule has 0 spiro atoms. The van der Waals surface area contributed by atoms with Crippen LogP contribution in [0.25, 0.3) is 76.7 Å². The summed E-state index contributed by atoms with van der Waals surface area (Å²) in [5.74, 6) is 0. The predicted octanol–water partition coefficient (Wildman–Crippen LogP) is 9.34. The normalized spacial score (nSPS) is 11.8. The Kier molecular flexibility index (Phi) is 4.43. The van der Waals surface area contributed by atoms with E-state index < -0.39 is 0 Å². The molecule has 0 aliphatic rings. The first kappa shape index (κ1) is 22.7. The number of fused-ring (bicyclic) bond motifs is 9. The Labute approximate surface area is 240 Å². The Morgan fingerprint density at radius 3 is 1.67 bits per heavy atom. The molecule has 9 rings (SSSR count). The number of nitrogens with zero attached hydrogens (tertiary/aromatic N) is 4. The van der Waals surface area contributed by atoms with Crippen molar-refractivity contribution in [1.29, 1.82) is 10.5 Å². The zero-order valence-electron chi connectivity index (χ0n) is 22.3. The molecule has 192 valence electrons. The van der Waals surface area contributed by atoms with Crippen molar-refractivity contribution >= 4 is 59.9 Å². The van der Waals surface area contributed by atoms with Gasteiger partial charge in [0, 0.05) is 38.0 Å². The highest BCUT2D eigenvalue weighted by atomic mass is 15.0. The van der Waals surface area contributed by atoms with E-state index in [9.17, 15) is 10.5 Å². The number of aromatic nitrogens is 2. The second-order valence-corrected chi connectivity index (χ2v) is 10.9. The van der Waals surface area contributed by atoms with Crippen LogP contribution < -0.4 is 0 Å². The summed E-state index contributed by atoms with van der Waals surface area (Å²) < 4.78 is 4.55. The standard InChI is InChI=1S/C38H20N4/c39-21-23-10-13-29-32-19-26(20-33-30-14-11-24(22-40)17-37(30)42(38(32)33)36(29)16-23)25-12-15-35-31(18-25)28-8-4-5-9-34(28)41(35)27-6-2-1-3-7-27/h1-20H. The number of hydrogen-bond donors (Lipinski definition) is 0. The van der Waals surface area contributed by atoms with Gasteiger partial charge >= 0.3 is 0 Å². The molecule has 0 unspecified atom stereocenters. The van der Waals surface area contributed by atoms with Crippen LogP contribution in [0.15, 0.2) is 121 Å². The Hall–Kier alpha value is -6.10. The fraction of sp³-hybridized carbons (Fsp3) is 0. The molecule has 0 N–H and O–H groups in total. The van der Waals surface area contributed by atoms with E-state index in [1.54, 1.807) is 0 Å². The maximum Gasteiger partial charge on any atom is 0.0992 e. The molecular weight excluding hydrogens is 512 g/mol. The molecule has 3 heterocycles. The van der Waals surface area contributed by atoms with Crippen molar-refractivity contribution in [2.75, 3.05) is 0 Å². The molecule has 42 heavy (non-hydrogen) atoms. The minimum Gasteiger partial charge on any atom is -0.309 e. The van der Waals surface area contributed by atoms with E-state index in [1.165, 1.54) is 21.8 Å². The third-order valence-corrected chi connectivity index (χ3v) is 8.67. The highest BCUT2D eigenvalue weighted by Crippen LogP contribution is 2.43. The van der Waals surface area contributed by atoms with E-state index in [0.29, 0.717) is 11.1 Å². The summed E-state index contributed by atoms with van der Waals surface area (Å²) in [6.07, 6.45) is 0. The van der Waals surface area contributed by atoms with Gasteiger partial charge in [0.2, 0.25) is 0 Å². The SMILES string of the molecule is N#Cc1ccc2c3cc(-c4ccc5c(c4)c4ccccc4n5-c4ccccc4)cc4c5ccc(C#N)cc5n(c2c1)c34. The van der Waals surface area contributed by atoms with Crippen LogP contribution >= 0.6 is 0 Å². The van der Waals surface area contributed by atoms with E-state index in [-0.39, 0.29) is 0 Å². The van der Waals surface area contributed by atoms with Gasteiger partial charge in [0.1, 0.15) is 0 Å². The molecule has 9 aromatic rings. The fourth-order valence-corrected chi connectivity index (χ4v) is 6.86. The van der Waals surface area contributed by atoms with Crippen LogP contribution in [0.4, 0.5) is 0 Å². The smallest absolute Gasteiger partial charge is 0.0992 e. The molecule has 4 nitrogen and oxygen atoms in total. The van der Waals surface area contributed by atoms with Crippen LogP contribution in [-0.4, -0.2) is 8.97 Å². The maximum absolute atomic E-state index is 9.65. The number of benzene rings is 6. The second kappa shape index (κ2) is 8.21. The topological polar surface area (TPSA) is 56.9 Å². The molecule has 0 saturated heterocycles. The minimum absolute atomic E-state index is 0.619. The highest BCUT2D eigenvalue weighted by molar-refractivity contribution is 6.24. The molecule has 0 bridgehead atoms. The van der Waals surface area contributed by atoms with Crippen molar-refractivity contribution in [3.63, 3.8) is 0 Å². The third kappa shape index (κ3) is 2.93. The lowest BCUT2D eigenvalue weighted by Crippen LogP contribution is -1.92. The van der Waals surface area contributed by atoms with Gasteiger partial charge in [-0.1, -0.05) is 54.6 Å². The third-order valence-electron chi connectivity index (χ3n) is 8.67. The van der Waals surface area contributed by atoms with E-state index in [4.69, 9.17) is 0 Å². The molecule has 6 aromatic carbocycles. The quantitative estimate of drug-likeness (QED) is 0.223. The molecule has 0 atom stereocenters. The second-order valence-electron chi connectivity index (χ2n) is 10.9. The Morgan fingerprint density at radius 2 is 1.00 bits per heavy atom. The monoisotopic (exact) mass is 532 g/mol. The van der Waals surface area contributed by atoms with Crippen molar-refractivity contribution < 1.29 is 0 Å². The van der Waals surface area contributed by atoms with Gasteiger partial charge in [-0.3, -0.25) is 0 Å². The average molecular weight is 533 g/mol. The summed E-state index contributed by atoms with van der Waals surface area (Å²) in [6.45, 7) is 0. The molecule has 0 aliphatic carbocycles. The van der Waals surface area contributed by atoms with Gasteiger partial charge in [-0.2, -0.15) is 10.5 Å². The Balaban J connectivity index is 1.37. The summed E-state index contributed by atoms with van der Waals surface area (Å²) in [6, 6.07) is 46.8. The van der Waals surface area contributed by atoms with Crippen LogP contribution in [-0.2, 0) is 0 Å². The van der Waals surface area contributed by atoms with Gasteiger partial charge in [0.25, 0.3) is 0 Å². The van der Waals surface area contributed by atoms with Crippen LogP contribution in [0.5, 0.6) is 0 Å². The van der Waals surface area contributed by atoms with E-state index in [1.807, 2.05) is 30.3 Å². The summed E-state index contributed by atoms with van der Waals surface area (Å²) in [5, 5.41) is 26.2. The van der Waals surface area contributed by atoms with Crippen LogP contribution in [0.1, 0.15) is 11.1 Å². The van der Waals surface area contributed by atoms with Gasteiger partial charge < -0.3 is 8.97 Å². The van der Waals surface area contributed by atoms with Gasteiger partial charge in [-0.25, -0.2) is 0 Å². The van der Waals surface area contributed by atoms with Crippen molar-refractivity contribution in [3.05, 3.63) is 132 Å². The summed E-state index contributed by atoms with van der Waals surface area (Å²) in [7, 11) is 0. The lowest BCUT2D eigenvalue weighted by Gasteiger charge is -2.08. The molecule has 0 radical (unpaired) electrons. The fourth-order valence-electron chi connectivity index (χ4n) is 6.86. The molecule has 0 aliphatic heterocycles. The van der Waals surface area contributed by atoms with Crippen LogP contribution in [0.2, 0.25) is 0 Å². The molecule has 3 aromatic heterocycles. The summed E-state index contributed by atoms with van der Waals surface area (Å²) in [4.78, 5) is 0. The molecular formula is C38H20N4. The number of nitriles is 2. The number of para-hydroxylation sites is 2. The minimum atomic E-state index is 0.619. The van der Waals surface area contributed by atoms with Gasteiger partial charge in [0.05, 0.1) is 50.8 Å². The number of rotatable bonds is 2. The van der Waals surface area contributed by atoms with Crippen molar-refractivity contribution in [1.82, 2.24) is 8.97 Å². The van der Waals surface area contributed by atoms with Gasteiger partial charge in [0.15, 0.2) is 0 Å². The lowest BCUT2D eigenvalue weighted by atomic mass is 9.97.